The smallest absolute Gasteiger partial charge is 0.233 e. The second-order valence-electron chi connectivity index (χ2n) is 4.94. The van der Waals surface area contributed by atoms with Gasteiger partial charge in [-0.05, 0) is 30.7 Å². The first-order valence-electron chi connectivity index (χ1n) is 6.94. The molecule has 0 heterocycles. The van der Waals surface area contributed by atoms with Gasteiger partial charge in [0, 0.05) is 5.69 Å². The summed E-state index contributed by atoms with van der Waals surface area (Å²) in [6.07, 6.45) is -0.312. The molecular weight excluding hydrogens is 283 g/mol. The Balaban J connectivity index is 1.85. The topological polar surface area (TPSA) is 58.2 Å². The highest BCUT2D eigenvalue weighted by atomic mass is 19.1. The largest absolute Gasteiger partial charge is 0.349 e. The first kappa shape index (κ1) is 15.7. The molecule has 2 N–H and O–H groups in total. The zero-order valence-electron chi connectivity index (χ0n) is 12.2. The van der Waals surface area contributed by atoms with Crippen molar-refractivity contribution in [2.75, 3.05) is 5.32 Å². The summed E-state index contributed by atoms with van der Waals surface area (Å²) in [4.78, 5) is 23.6. The lowest BCUT2D eigenvalue weighted by Gasteiger charge is -2.14. The normalized spacial score (nSPS) is 11.5. The monoisotopic (exact) mass is 300 g/mol. The molecule has 114 valence electrons. The number of hydrogen-bond acceptors (Lipinski definition) is 2. The minimum Gasteiger partial charge on any atom is -0.349 e. The lowest BCUT2D eigenvalue weighted by atomic mass is 10.1. The number of hydrogen-bond donors (Lipinski definition) is 2. The van der Waals surface area contributed by atoms with Gasteiger partial charge in [0.15, 0.2) is 0 Å². The van der Waals surface area contributed by atoms with Gasteiger partial charge < -0.3 is 10.6 Å². The van der Waals surface area contributed by atoms with Crippen molar-refractivity contribution < 1.29 is 14.0 Å². The van der Waals surface area contributed by atoms with E-state index in [0.717, 1.165) is 5.56 Å². The van der Waals surface area contributed by atoms with Crippen LogP contribution in [0.3, 0.4) is 0 Å². The zero-order valence-corrected chi connectivity index (χ0v) is 12.2. The van der Waals surface area contributed by atoms with Crippen LogP contribution in [-0.4, -0.2) is 11.8 Å². The fourth-order valence-corrected chi connectivity index (χ4v) is 2.03. The van der Waals surface area contributed by atoms with E-state index in [9.17, 15) is 14.0 Å². The number of carbonyl (C=O) groups excluding carboxylic acids is 2. The number of anilines is 1. The van der Waals surface area contributed by atoms with Gasteiger partial charge in [-0.25, -0.2) is 4.39 Å². The first-order valence-corrected chi connectivity index (χ1v) is 6.94. The van der Waals surface area contributed by atoms with Crippen LogP contribution in [0.15, 0.2) is 54.6 Å². The van der Waals surface area contributed by atoms with E-state index < -0.39 is 11.7 Å². The van der Waals surface area contributed by atoms with Crippen molar-refractivity contribution in [3.8, 4) is 0 Å². The summed E-state index contributed by atoms with van der Waals surface area (Å²) in [6, 6.07) is 14.8. The van der Waals surface area contributed by atoms with Crippen molar-refractivity contribution >= 4 is 17.5 Å². The molecular formula is C17H17FN2O2. The van der Waals surface area contributed by atoms with E-state index in [4.69, 9.17) is 0 Å². The molecule has 0 bridgehead atoms. The van der Waals surface area contributed by atoms with Crippen LogP contribution in [0.4, 0.5) is 10.1 Å². The molecule has 4 nitrogen and oxygen atoms in total. The van der Waals surface area contributed by atoms with E-state index in [2.05, 4.69) is 10.6 Å². The minimum atomic E-state index is -0.483. The van der Waals surface area contributed by atoms with Gasteiger partial charge in [-0.1, -0.05) is 36.4 Å². The number of halogens is 1. The molecule has 22 heavy (non-hydrogen) atoms. The molecule has 2 amide bonds. The Bertz CT molecular complexity index is 659. The molecule has 0 aromatic heterocycles. The molecule has 0 aliphatic rings. The maximum absolute atomic E-state index is 13.0. The van der Waals surface area contributed by atoms with Crippen molar-refractivity contribution in [1.29, 1.82) is 0 Å². The van der Waals surface area contributed by atoms with Crippen molar-refractivity contribution in [3.63, 3.8) is 0 Å². The van der Waals surface area contributed by atoms with Crippen LogP contribution in [0.25, 0.3) is 0 Å². The maximum atomic E-state index is 13.0. The lowest BCUT2D eigenvalue weighted by Crippen LogP contribution is -2.30. The van der Waals surface area contributed by atoms with Gasteiger partial charge in [0.2, 0.25) is 11.8 Å². The molecule has 0 aliphatic heterocycles. The van der Waals surface area contributed by atoms with Gasteiger partial charge in [0.05, 0.1) is 6.04 Å². The highest BCUT2D eigenvalue weighted by Crippen LogP contribution is 2.12. The Kier molecular flexibility index (Phi) is 5.25. The number of nitrogens with one attached hydrogen (secondary N) is 2. The summed E-state index contributed by atoms with van der Waals surface area (Å²) in [6.45, 7) is 1.84. The van der Waals surface area contributed by atoms with Crippen LogP contribution >= 0.6 is 0 Å². The molecule has 2 rings (SSSR count). The average molecular weight is 300 g/mol. The molecule has 1 atom stereocenters. The Hall–Kier alpha value is -2.69. The van der Waals surface area contributed by atoms with Crippen LogP contribution in [-0.2, 0) is 9.59 Å². The minimum absolute atomic E-state index is 0.185. The SMILES string of the molecule is CC(NC(=O)CC(=O)Nc1cccc(F)c1)c1ccccc1. The van der Waals surface area contributed by atoms with Crippen molar-refractivity contribution in [3.05, 3.63) is 66.0 Å². The highest BCUT2D eigenvalue weighted by molar-refractivity contribution is 6.03. The second-order valence-corrected chi connectivity index (χ2v) is 4.94. The molecule has 1 unspecified atom stereocenters. The van der Waals surface area contributed by atoms with Gasteiger partial charge in [-0.15, -0.1) is 0 Å². The predicted molar refractivity (Wildman–Crippen MR) is 82.6 cm³/mol. The van der Waals surface area contributed by atoms with Crippen LogP contribution in [0.1, 0.15) is 24.9 Å². The van der Waals surface area contributed by atoms with E-state index in [-0.39, 0.29) is 18.4 Å². The summed E-state index contributed by atoms with van der Waals surface area (Å²) in [7, 11) is 0. The third-order valence-corrected chi connectivity index (χ3v) is 3.11. The third kappa shape index (κ3) is 4.70. The molecule has 0 aliphatic carbocycles. The Morgan fingerprint density at radius 1 is 1.05 bits per heavy atom. The molecule has 0 saturated heterocycles. The van der Waals surface area contributed by atoms with E-state index in [1.54, 1.807) is 6.07 Å². The molecule has 5 heteroatoms. The third-order valence-electron chi connectivity index (χ3n) is 3.11. The van der Waals surface area contributed by atoms with Crippen LogP contribution in [0.2, 0.25) is 0 Å². The number of amides is 2. The van der Waals surface area contributed by atoms with E-state index >= 15 is 0 Å². The predicted octanol–water partition coefficient (Wildman–Crippen LogP) is 3.03. The molecule has 0 radical (unpaired) electrons. The van der Waals surface area contributed by atoms with Crippen LogP contribution in [0, 0.1) is 5.82 Å². The van der Waals surface area contributed by atoms with Crippen LogP contribution in [0.5, 0.6) is 0 Å². The number of rotatable bonds is 5. The van der Waals surface area contributed by atoms with Crippen molar-refractivity contribution in [2.24, 2.45) is 0 Å². The van der Waals surface area contributed by atoms with E-state index in [1.807, 2.05) is 37.3 Å². The lowest BCUT2D eigenvalue weighted by molar-refractivity contribution is -0.127. The summed E-state index contributed by atoms with van der Waals surface area (Å²) in [5.74, 6) is -1.31. The second kappa shape index (κ2) is 7.36. The Morgan fingerprint density at radius 3 is 2.45 bits per heavy atom. The van der Waals surface area contributed by atoms with Gasteiger partial charge in [-0.3, -0.25) is 9.59 Å². The zero-order chi connectivity index (χ0) is 15.9. The summed E-state index contributed by atoms with van der Waals surface area (Å²) < 4.78 is 13.0. The van der Waals surface area contributed by atoms with Crippen LogP contribution < -0.4 is 10.6 Å². The quantitative estimate of drug-likeness (QED) is 0.834. The average Bonchev–Trinajstić information content (AvgIpc) is 2.47. The standard InChI is InChI=1S/C17H17FN2O2/c1-12(13-6-3-2-4-7-13)19-16(21)11-17(22)20-15-9-5-8-14(18)10-15/h2-10,12H,11H2,1H3,(H,19,21)(H,20,22). The Labute approximate surface area is 128 Å². The molecule has 2 aromatic carbocycles. The molecule has 0 fully saturated rings. The highest BCUT2D eigenvalue weighted by Gasteiger charge is 2.13. The fourth-order valence-electron chi connectivity index (χ4n) is 2.03. The van der Waals surface area contributed by atoms with Gasteiger partial charge in [0.1, 0.15) is 12.2 Å². The summed E-state index contributed by atoms with van der Waals surface area (Å²) in [5, 5.41) is 5.24. The number of benzene rings is 2. The first-order chi connectivity index (χ1) is 10.5. The number of carbonyl (C=O) groups is 2. The maximum Gasteiger partial charge on any atom is 0.233 e. The van der Waals surface area contributed by atoms with Gasteiger partial charge in [0.25, 0.3) is 0 Å². The summed E-state index contributed by atoms with van der Waals surface area (Å²) in [5.41, 5.74) is 1.29. The van der Waals surface area contributed by atoms with Crippen molar-refractivity contribution in [1.82, 2.24) is 5.32 Å². The van der Waals surface area contributed by atoms with Gasteiger partial charge in [-0.2, -0.15) is 0 Å². The van der Waals surface area contributed by atoms with E-state index in [0.29, 0.717) is 5.69 Å². The Morgan fingerprint density at radius 2 is 1.77 bits per heavy atom. The molecule has 2 aromatic rings. The van der Waals surface area contributed by atoms with Gasteiger partial charge >= 0.3 is 0 Å². The summed E-state index contributed by atoms with van der Waals surface area (Å²) >= 11 is 0. The van der Waals surface area contributed by atoms with E-state index in [1.165, 1.54) is 18.2 Å². The molecule has 0 saturated carbocycles. The van der Waals surface area contributed by atoms with Crippen molar-refractivity contribution in [2.45, 2.75) is 19.4 Å². The fraction of sp³-hybridized carbons (Fsp3) is 0.176. The molecule has 0 spiro atoms.